The van der Waals surface area contributed by atoms with Crippen molar-refractivity contribution in [1.29, 1.82) is 0 Å². The van der Waals surface area contributed by atoms with Crippen LogP contribution in [0.25, 0.3) is 11.4 Å². The molecule has 1 saturated carbocycles. The first-order valence-electron chi connectivity index (χ1n) is 10.7. The molecule has 1 fully saturated rings. The average Bonchev–Trinajstić information content (AvgIpc) is 3.61. The van der Waals surface area contributed by atoms with Crippen molar-refractivity contribution in [2.75, 3.05) is 20.8 Å². The van der Waals surface area contributed by atoms with E-state index in [2.05, 4.69) is 15.7 Å². The molecule has 1 aliphatic carbocycles. The smallest absolute Gasteiger partial charge is 0.346 e. The number of aromatic nitrogens is 3. The van der Waals surface area contributed by atoms with Gasteiger partial charge in [-0.25, -0.2) is 18.7 Å². The van der Waals surface area contributed by atoms with Crippen molar-refractivity contribution in [3.63, 3.8) is 0 Å². The van der Waals surface area contributed by atoms with Crippen LogP contribution in [0, 0.1) is 5.82 Å². The van der Waals surface area contributed by atoms with Crippen molar-refractivity contribution in [3.05, 3.63) is 64.3 Å². The van der Waals surface area contributed by atoms with Crippen molar-refractivity contribution in [3.8, 4) is 22.9 Å². The van der Waals surface area contributed by atoms with E-state index in [-0.39, 0.29) is 36.7 Å². The monoisotopic (exact) mass is 455 g/mol. The van der Waals surface area contributed by atoms with E-state index in [9.17, 15) is 14.0 Å². The first-order chi connectivity index (χ1) is 16.0. The number of hydrogen-bond donors (Lipinski definition) is 2. The van der Waals surface area contributed by atoms with Crippen LogP contribution in [0.3, 0.4) is 0 Å². The molecule has 0 unspecified atom stereocenters. The van der Waals surface area contributed by atoms with Crippen LogP contribution in [0.2, 0.25) is 0 Å². The molecule has 2 aromatic carbocycles. The summed E-state index contributed by atoms with van der Waals surface area (Å²) in [5, 5.41) is 9.95. The molecule has 4 rings (SSSR count). The molecule has 0 bridgehead atoms. The molecule has 2 amide bonds. The SMILES string of the molecule is COc1ccc(CNC(=O)NCCn2nc(-c3ccc(F)cc3)n(C3CC3)c2=O)cc1OC. The highest BCUT2D eigenvalue weighted by atomic mass is 19.1. The molecule has 10 heteroatoms. The molecule has 2 N–H and O–H groups in total. The summed E-state index contributed by atoms with van der Waals surface area (Å²) >= 11 is 0. The summed E-state index contributed by atoms with van der Waals surface area (Å²) in [6.45, 7) is 0.746. The molecule has 0 saturated heterocycles. The summed E-state index contributed by atoms with van der Waals surface area (Å²) in [6.07, 6.45) is 1.83. The van der Waals surface area contributed by atoms with E-state index in [4.69, 9.17) is 9.47 Å². The Bertz CT molecular complexity index is 1180. The molecule has 1 aliphatic rings. The third kappa shape index (κ3) is 5.16. The number of ether oxygens (including phenoxy) is 2. The number of carbonyl (C=O) groups is 1. The normalized spacial score (nSPS) is 12.9. The number of rotatable bonds is 9. The Morgan fingerprint density at radius 1 is 1.09 bits per heavy atom. The number of methoxy groups -OCH3 is 2. The van der Waals surface area contributed by atoms with E-state index in [0.29, 0.717) is 29.4 Å². The summed E-state index contributed by atoms with van der Waals surface area (Å²) in [4.78, 5) is 25.0. The quantitative estimate of drug-likeness (QED) is 0.517. The minimum absolute atomic E-state index is 0.115. The molecule has 1 heterocycles. The number of nitrogens with one attached hydrogen (secondary N) is 2. The van der Waals surface area contributed by atoms with E-state index in [1.165, 1.54) is 16.8 Å². The lowest BCUT2D eigenvalue weighted by Crippen LogP contribution is -2.38. The first kappa shape index (κ1) is 22.4. The molecule has 0 spiro atoms. The van der Waals surface area contributed by atoms with Gasteiger partial charge < -0.3 is 20.1 Å². The predicted octanol–water partition coefficient (Wildman–Crippen LogP) is 2.70. The summed E-state index contributed by atoms with van der Waals surface area (Å²) in [7, 11) is 3.11. The van der Waals surface area contributed by atoms with Gasteiger partial charge in [-0.1, -0.05) is 6.07 Å². The van der Waals surface area contributed by atoms with Gasteiger partial charge in [0.1, 0.15) is 5.82 Å². The second-order valence-electron chi connectivity index (χ2n) is 7.74. The van der Waals surface area contributed by atoms with Gasteiger partial charge in [-0.3, -0.25) is 4.57 Å². The first-order valence-corrected chi connectivity index (χ1v) is 10.7. The standard InChI is InChI=1S/C23H26FN5O4/c1-32-19-10-3-15(13-20(19)33-2)14-26-22(30)25-11-12-28-23(31)29(18-8-9-18)21(27-28)16-4-6-17(24)7-5-16/h3-7,10,13,18H,8-9,11-12,14H2,1-2H3,(H2,25,26,30). The predicted molar refractivity (Wildman–Crippen MR) is 120 cm³/mol. The summed E-state index contributed by atoms with van der Waals surface area (Å²) in [6, 6.07) is 11.1. The van der Waals surface area contributed by atoms with Gasteiger partial charge in [-0.05, 0) is 54.8 Å². The Kier molecular flexibility index (Phi) is 6.62. The number of urea groups is 1. The highest BCUT2D eigenvalue weighted by Gasteiger charge is 2.30. The van der Waals surface area contributed by atoms with E-state index >= 15 is 0 Å². The average molecular weight is 455 g/mol. The van der Waals surface area contributed by atoms with Crippen LogP contribution in [0.5, 0.6) is 11.5 Å². The molecule has 9 nitrogen and oxygen atoms in total. The number of nitrogens with zero attached hydrogens (tertiary/aromatic N) is 3. The molecule has 0 atom stereocenters. The maximum Gasteiger partial charge on any atom is 0.346 e. The zero-order valence-corrected chi connectivity index (χ0v) is 18.5. The largest absolute Gasteiger partial charge is 0.493 e. The van der Waals surface area contributed by atoms with Crippen LogP contribution in [0.1, 0.15) is 24.4 Å². The molecular formula is C23H26FN5O4. The maximum absolute atomic E-state index is 13.3. The van der Waals surface area contributed by atoms with Gasteiger partial charge in [0.05, 0.1) is 20.8 Å². The number of hydrogen-bond acceptors (Lipinski definition) is 5. The molecule has 174 valence electrons. The lowest BCUT2D eigenvalue weighted by molar-refractivity contribution is 0.240. The maximum atomic E-state index is 13.3. The number of benzene rings is 2. The van der Waals surface area contributed by atoms with Crippen LogP contribution >= 0.6 is 0 Å². The summed E-state index contributed by atoms with van der Waals surface area (Å²) in [5.41, 5.74) is 1.30. The van der Waals surface area contributed by atoms with E-state index in [1.807, 2.05) is 6.07 Å². The Hall–Kier alpha value is -3.82. The zero-order chi connectivity index (χ0) is 23.4. The third-order valence-corrected chi connectivity index (χ3v) is 5.40. The van der Waals surface area contributed by atoms with Crippen LogP contribution in [-0.4, -0.2) is 41.1 Å². The van der Waals surface area contributed by atoms with Crippen LogP contribution in [-0.2, 0) is 13.1 Å². The number of carbonyl (C=O) groups excluding carboxylic acids is 1. The van der Waals surface area contributed by atoms with Crippen molar-refractivity contribution < 1.29 is 18.7 Å². The number of halogens is 1. The third-order valence-electron chi connectivity index (χ3n) is 5.40. The molecule has 33 heavy (non-hydrogen) atoms. The van der Waals surface area contributed by atoms with Gasteiger partial charge in [-0.15, -0.1) is 5.10 Å². The van der Waals surface area contributed by atoms with E-state index in [0.717, 1.165) is 18.4 Å². The van der Waals surface area contributed by atoms with Gasteiger partial charge in [0.15, 0.2) is 17.3 Å². The van der Waals surface area contributed by atoms with E-state index < -0.39 is 0 Å². The topological polar surface area (TPSA) is 99.4 Å². The van der Waals surface area contributed by atoms with E-state index in [1.54, 1.807) is 43.1 Å². The van der Waals surface area contributed by atoms with Crippen LogP contribution in [0.15, 0.2) is 47.3 Å². The second-order valence-corrected chi connectivity index (χ2v) is 7.74. The van der Waals surface area contributed by atoms with Gasteiger partial charge in [0.25, 0.3) is 0 Å². The van der Waals surface area contributed by atoms with Crippen molar-refractivity contribution in [2.24, 2.45) is 0 Å². The lowest BCUT2D eigenvalue weighted by atomic mass is 10.2. The van der Waals surface area contributed by atoms with Crippen molar-refractivity contribution in [1.82, 2.24) is 25.0 Å². The Morgan fingerprint density at radius 3 is 2.48 bits per heavy atom. The lowest BCUT2D eigenvalue weighted by Gasteiger charge is -2.11. The Labute approximate surface area is 190 Å². The fourth-order valence-corrected chi connectivity index (χ4v) is 3.53. The van der Waals surface area contributed by atoms with Crippen molar-refractivity contribution >= 4 is 6.03 Å². The molecular weight excluding hydrogens is 429 g/mol. The van der Waals surface area contributed by atoms with Crippen LogP contribution < -0.4 is 25.8 Å². The van der Waals surface area contributed by atoms with Gasteiger partial charge in [0.2, 0.25) is 0 Å². The molecule has 0 radical (unpaired) electrons. The summed E-state index contributed by atoms with van der Waals surface area (Å²) < 4.78 is 26.8. The Morgan fingerprint density at radius 2 is 1.82 bits per heavy atom. The minimum atomic E-state index is -0.363. The van der Waals surface area contributed by atoms with Crippen molar-refractivity contribution in [2.45, 2.75) is 32.0 Å². The molecule has 1 aromatic heterocycles. The summed E-state index contributed by atoms with van der Waals surface area (Å²) in [5.74, 6) is 1.36. The second kappa shape index (κ2) is 9.76. The van der Waals surface area contributed by atoms with Gasteiger partial charge >= 0.3 is 11.7 Å². The minimum Gasteiger partial charge on any atom is -0.493 e. The van der Waals surface area contributed by atoms with Gasteiger partial charge in [-0.2, -0.15) is 0 Å². The highest BCUT2D eigenvalue weighted by molar-refractivity contribution is 5.73. The fraction of sp³-hybridized carbons (Fsp3) is 0.348. The highest BCUT2D eigenvalue weighted by Crippen LogP contribution is 2.36. The molecule has 0 aliphatic heterocycles. The fourth-order valence-electron chi connectivity index (χ4n) is 3.53. The van der Waals surface area contributed by atoms with Gasteiger partial charge in [0, 0.05) is 24.7 Å². The molecule has 3 aromatic rings. The van der Waals surface area contributed by atoms with Crippen LogP contribution in [0.4, 0.5) is 9.18 Å². The zero-order valence-electron chi connectivity index (χ0n) is 18.5. The Balaban J connectivity index is 1.35. The number of amides is 2.